The first-order valence-corrected chi connectivity index (χ1v) is 8.03. The van der Waals surface area contributed by atoms with Crippen molar-refractivity contribution >= 4 is 11.8 Å². The van der Waals surface area contributed by atoms with Gasteiger partial charge in [-0.2, -0.15) is 11.8 Å². The van der Waals surface area contributed by atoms with E-state index >= 15 is 0 Å². The molecule has 1 aliphatic heterocycles. The van der Waals surface area contributed by atoms with Gasteiger partial charge in [-0.15, -0.1) is 0 Å². The molecule has 1 aliphatic rings. The lowest BCUT2D eigenvalue weighted by atomic mass is 9.91. The molecule has 1 aromatic rings. The molecule has 1 fully saturated rings. The standard InChI is InChI=1S/C15H21F2NS/c1-18-13(8-11-4-6-19-7-5-11)9-12-2-3-14(16)15(17)10-12/h2-3,10-11,13,18H,4-9H2,1H3. The van der Waals surface area contributed by atoms with Gasteiger partial charge >= 0.3 is 0 Å². The van der Waals surface area contributed by atoms with Crippen LogP contribution in [0.3, 0.4) is 0 Å². The number of benzene rings is 1. The summed E-state index contributed by atoms with van der Waals surface area (Å²) in [7, 11) is 1.95. The lowest BCUT2D eigenvalue weighted by Gasteiger charge is -2.26. The molecular formula is C15H21F2NS. The van der Waals surface area contributed by atoms with E-state index in [0.717, 1.165) is 24.3 Å². The van der Waals surface area contributed by atoms with Gasteiger partial charge in [-0.3, -0.25) is 0 Å². The summed E-state index contributed by atoms with van der Waals surface area (Å²) in [5.41, 5.74) is 0.864. The summed E-state index contributed by atoms with van der Waals surface area (Å²) in [6, 6.07) is 4.56. The molecule has 2 rings (SSSR count). The molecule has 19 heavy (non-hydrogen) atoms. The summed E-state index contributed by atoms with van der Waals surface area (Å²) in [5.74, 6) is 1.76. The van der Waals surface area contributed by atoms with Gasteiger partial charge in [-0.05, 0) is 67.9 Å². The van der Waals surface area contributed by atoms with E-state index in [-0.39, 0.29) is 0 Å². The maximum Gasteiger partial charge on any atom is 0.159 e. The highest BCUT2D eigenvalue weighted by Gasteiger charge is 2.18. The topological polar surface area (TPSA) is 12.0 Å². The van der Waals surface area contributed by atoms with Crippen molar-refractivity contribution in [3.63, 3.8) is 0 Å². The highest BCUT2D eigenvalue weighted by molar-refractivity contribution is 7.99. The van der Waals surface area contributed by atoms with Crippen LogP contribution in [0.15, 0.2) is 18.2 Å². The number of halogens is 2. The van der Waals surface area contributed by atoms with Gasteiger partial charge in [0.15, 0.2) is 11.6 Å². The highest BCUT2D eigenvalue weighted by atomic mass is 32.2. The molecule has 4 heteroatoms. The van der Waals surface area contributed by atoms with Crippen molar-refractivity contribution in [2.45, 2.75) is 31.7 Å². The average Bonchev–Trinajstić information content (AvgIpc) is 2.43. The van der Waals surface area contributed by atoms with Crippen LogP contribution in [-0.4, -0.2) is 24.6 Å². The first-order chi connectivity index (χ1) is 9.19. The van der Waals surface area contributed by atoms with Crippen LogP contribution in [0.2, 0.25) is 0 Å². The van der Waals surface area contributed by atoms with Crippen molar-refractivity contribution < 1.29 is 8.78 Å². The third kappa shape index (κ3) is 4.46. The second-order valence-corrected chi connectivity index (χ2v) is 6.45. The number of hydrogen-bond donors (Lipinski definition) is 1. The average molecular weight is 285 g/mol. The largest absolute Gasteiger partial charge is 0.317 e. The Balaban J connectivity index is 1.92. The molecule has 106 valence electrons. The molecule has 1 aromatic carbocycles. The zero-order valence-electron chi connectivity index (χ0n) is 11.3. The van der Waals surface area contributed by atoms with Gasteiger partial charge < -0.3 is 5.32 Å². The van der Waals surface area contributed by atoms with E-state index in [1.807, 2.05) is 18.8 Å². The van der Waals surface area contributed by atoms with Gasteiger partial charge in [0, 0.05) is 6.04 Å². The molecule has 0 radical (unpaired) electrons. The highest BCUT2D eigenvalue weighted by Crippen LogP contribution is 2.27. The second-order valence-electron chi connectivity index (χ2n) is 5.23. The minimum Gasteiger partial charge on any atom is -0.317 e. The van der Waals surface area contributed by atoms with E-state index in [0.29, 0.717) is 6.04 Å². The van der Waals surface area contributed by atoms with Crippen LogP contribution < -0.4 is 5.32 Å². The van der Waals surface area contributed by atoms with Crippen LogP contribution in [0, 0.1) is 17.6 Å². The van der Waals surface area contributed by atoms with Gasteiger partial charge in [0.25, 0.3) is 0 Å². The Morgan fingerprint density at radius 3 is 2.63 bits per heavy atom. The smallest absolute Gasteiger partial charge is 0.159 e. The predicted molar refractivity (Wildman–Crippen MR) is 77.6 cm³/mol. The molecule has 1 N–H and O–H groups in total. The van der Waals surface area contributed by atoms with Gasteiger partial charge in [-0.1, -0.05) is 6.07 Å². The molecule has 0 aromatic heterocycles. The van der Waals surface area contributed by atoms with E-state index in [9.17, 15) is 8.78 Å². The van der Waals surface area contributed by atoms with Crippen molar-refractivity contribution in [3.8, 4) is 0 Å². The minimum atomic E-state index is -0.769. The fourth-order valence-electron chi connectivity index (χ4n) is 2.64. The van der Waals surface area contributed by atoms with Crippen LogP contribution in [0.1, 0.15) is 24.8 Å². The first-order valence-electron chi connectivity index (χ1n) is 6.88. The third-order valence-corrected chi connectivity index (χ3v) is 4.88. The lowest BCUT2D eigenvalue weighted by Crippen LogP contribution is -2.31. The summed E-state index contributed by atoms with van der Waals surface area (Å²) < 4.78 is 26.1. The molecule has 1 nitrogen and oxygen atoms in total. The Labute approximate surface area is 118 Å². The normalized spacial score (nSPS) is 18.5. The van der Waals surface area contributed by atoms with Gasteiger partial charge in [0.05, 0.1) is 0 Å². The Morgan fingerprint density at radius 1 is 1.26 bits per heavy atom. The zero-order chi connectivity index (χ0) is 13.7. The second kappa shape index (κ2) is 7.25. The Morgan fingerprint density at radius 2 is 2.00 bits per heavy atom. The Kier molecular flexibility index (Phi) is 5.64. The summed E-state index contributed by atoms with van der Waals surface area (Å²) in [5, 5.41) is 3.31. The molecule has 1 unspecified atom stereocenters. The molecule has 0 spiro atoms. The number of likely N-dealkylation sites (N-methyl/N-ethyl adjacent to an activating group) is 1. The summed E-state index contributed by atoms with van der Waals surface area (Å²) in [6.07, 6.45) is 4.44. The van der Waals surface area contributed by atoms with E-state index in [1.54, 1.807) is 6.07 Å². The number of thioether (sulfide) groups is 1. The van der Waals surface area contributed by atoms with Gasteiger partial charge in [0.1, 0.15) is 0 Å². The van der Waals surface area contributed by atoms with Crippen molar-refractivity contribution in [1.82, 2.24) is 5.32 Å². The summed E-state index contributed by atoms with van der Waals surface area (Å²) >= 11 is 2.03. The molecule has 1 saturated heterocycles. The molecule has 0 amide bonds. The van der Waals surface area contributed by atoms with E-state index in [1.165, 1.54) is 36.5 Å². The molecule has 1 heterocycles. The minimum absolute atomic E-state index is 0.345. The van der Waals surface area contributed by atoms with Crippen molar-refractivity contribution in [2.24, 2.45) is 5.92 Å². The maximum absolute atomic E-state index is 13.2. The third-order valence-electron chi connectivity index (χ3n) is 3.83. The van der Waals surface area contributed by atoms with E-state index < -0.39 is 11.6 Å². The van der Waals surface area contributed by atoms with Crippen LogP contribution >= 0.6 is 11.8 Å². The predicted octanol–water partition coefficient (Wildman–Crippen LogP) is 3.63. The lowest BCUT2D eigenvalue weighted by molar-refractivity contribution is 0.375. The van der Waals surface area contributed by atoms with Crippen molar-refractivity contribution in [3.05, 3.63) is 35.4 Å². The summed E-state index contributed by atoms with van der Waals surface area (Å²) in [4.78, 5) is 0. The van der Waals surface area contributed by atoms with Crippen LogP contribution in [0.25, 0.3) is 0 Å². The van der Waals surface area contributed by atoms with Crippen molar-refractivity contribution in [1.29, 1.82) is 0 Å². The molecule has 0 saturated carbocycles. The van der Waals surface area contributed by atoms with Crippen molar-refractivity contribution in [2.75, 3.05) is 18.6 Å². The van der Waals surface area contributed by atoms with Gasteiger partial charge in [-0.25, -0.2) is 8.78 Å². The number of rotatable bonds is 5. The maximum atomic E-state index is 13.2. The SMILES string of the molecule is CNC(Cc1ccc(F)c(F)c1)CC1CCSCC1. The van der Waals surface area contributed by atoms with Crippen LogP contribution in [0.4, 0.5) is 8.78 Å². The molecule has 0 bridgehead atoms. The summed E-state index contributed by atoms with van der Waals surface area (Å²) in [6.45, 7) is 0. The van der Waals surface area contributed by atoms with E-state index in [2.05, 4.69) is 5.32 Å². The quantitative estimate of drug-likeness (QED) is 0.886. The Hall–Kier alpha value is -0.610. The Bertz CT molecular complexity index is 405. The fraction of sp³-hybridized carbons (Fsp3) is 0.600. The van der Waals surface area contributed by atoms with Crippen LogP contribution in [-0.2, 0) is 6.42 Å². The number of hydrogen-bond acceptors (Lipinski definition) is 2. The molecule has 0 aliphatic carbocycles. The fourth-order valence-corrected chi connectivity index (χ4v) is 3.84. The van der Waals surface area contributed by atoms with E-state index in [4.69, 9.17) is 0 Å². The molecule has 1 atom stereocenters. The zero-order valence-corrected chi connectivity index (χ0v) is 12.1. The first kappa shape index (κ1) is 14.8. The van der Waals surface area contributed by atoms with Crippen LogP contribution in [0.5, 0.6) is 0 Å². The number of nitrogens with one attached hydrogen (secondary N) is 1. The monoisotopic (exact) mass is 285 g/mol. The molecular weight excluding hydrogens is 264 g/mol. The van der Waals surface area contributed by atoms with Gasteiger partial charge in [0.2, 0.25) is 0 Å².